The molecule has 0 spiro atoms. The first-order valence-corrected chi connectivity index (χ1v) is 11.7. The van der Waals surface area contributed by atoms with Crippen LogP contribution < -0.4 is 20.9 Å². The van der Waals surface area contributed by atoms with Gasteiger partial charge in [-0.1, -0.05) is 24.3 Å². The summed E-state index contributed by atoms with van der Waals surface area (Å²) in [5.74, 6) is 2.10. The van der Waals surface area contributed by atoms with E-state index in [-0.39, 0.29) is 9.79 Å². The van der Waals surface area contributed by atoms with Crippen LogP contribution in [0, 0.1) is 13.8 Å². The van der Waals surface area contributed by atoms with Gasteiger partial charge in [-0.05, 0) is 85.6 Å². The lowest BCUT2D eigenvalue weighted by molar-refractivity contribution is 0.480. The van der Waals surface area contributed by atoms with E-state index in [2.05, 4.69) is 0 Å². The van der Waals surface area contributed by atoms with Crippen molar-refractivity contribution >= 4 is 21.2 Å². The summed E-state index contributed by atoms with van der Waals surface area (Å²) in [5, 5.41) is 0. The third-order valence-electron chi connectivity index (χ3n) is 5.19. The first-order chi connectivity index (χ1) is 15.8. The second kappa shape index (κ2) is 8.88. The van der Waals surface area contributed by atoms with Gasteiger partial charge in [0, 0.05) is 0 Å². The molecule has 0 aliphatic carbocycles. The number of ether oxygens (including phenoxy) is 2. The number of sulfone groups is 1. The van der Waals surface area contributed by atoms with E-state index in [0.29, 0.717) is 45.5 Å². The van der Waals surface area contributed by atoms with Crippen molar-refractivity contribution in [3.05, 3.63) is 96.1 Å². The van der Waals surface area contributed by atoms with Gasteiger partial charge in [-0.2, -0.15) is 0 Å². The Balaban J connectivity index is 1.60. The van der Waals surface area contributed by atoms with Gasteiger partial charge >= 0.3 is 0 Å². The molecule has 0 aliphatic rings. The predicted octanol–water partition coefficient (Wildman–Crippen LogP) is 5.89. The standard InChI is InChI=1S/C26H24N2O4S/c1-17-15-19(11-13-23(17)31-25-9-5-3-7-21(25)27)33(29,30)20-12-14-24(18(2)16-20)32-26-10-6-4-8-22(26)28/h3-16H,27-28H2,1-2H3. The molecular formula is C26H24N2O4S. The molecule has 0 saturated carbocycles. The van der Waals surface area contributed by atoms with Crippen LogP contribution in [0.2, 0.25) is 0 Å². The highest BCUT2D eigenvalue weighted by Gasteiger charge is 2.20. The molecule has 0 unspecified atom stereocenters. The fourth-order valence-corrected chi connectivity index (χ4v) is 4.76. The van der Waals surface area contributed by atoms with E-state index in [4.69, 9.17) is 20.9 Å². The number of benzene rings is 4. The van der Waals surface area contributed by atoms with E-state index >= 15 is 0 Å². The average molecular weight is 461 g/mol. The summed E-state index contributed by atoms with van der Waals surface area (Å²) in [7, 11) is -3.74. The van der Waals surface area contributed by atoms with Crippen LogP contribution in [0.5, 0.6) is 23.0 Å². The minimum Gasteiger partial charge on any atom is -0.455 e. The van der Waals surface area contributed by atoms with Gasteiger partial charge < -0.3 is 20.9 Å². The molecule has 4 rings (SSSR count). The number of rotatable bonds is 6. The van der Waals surface area contributed by atoms with Crippen molar-refractivity contribution in [2.45, 2.75) is 23.6 Å². The maximum absolute atomic E-state index is 13.3. The highest BCUT2D eigenvalue weighted by Crippen LogP contribution is 2.34. The first-order valence-electron chi connectivity index (χ1n) is 10.3. The van der Waals surface area contributed by atoms with Crippen molar-refractivity contribution < 1.29 is 17.9 Å². The molecule has 0 fully saturated rings. The Morgan fingerprint density at radius 1 is 0.576 bits per heavy atom. The van der Waals surface area contributed by atoms with Gasteiger partial charge in [-0.25, -0.2) is 8.42 Å². The van der Waals surface area contributed by atoms with Gasteiger partial charge in [0.05, 0.1) is 21.2 Å². The molecule has 4 N–H and O–H groups in total. The Labute approximate surface area is 193 Å². The van der Waals surface area contributed by atoms with Crippen LogP contribution in [-0.2, 0) is 9.84 Å². The molecule has 0 heterocycles. The fraction of sp³-hybridized carbons (Fsp3) is 0.0769. The molecule has 0 aliphatic heterocycles. The van der Waals surface area contributed by atoms with E-state index in [9.17, 15) is 8.42 Å². The summed E-state index contributed by atoms with van der Waals surface area (Å²) in [6, 6.07) is 23.8. The van der Waals surface area contributed by atoms with Crippen LogP contribution in [0.1, 0.15) is 11.1 Å². The van der Waals surface area contributed by atoms with Gasteiger partial charge in [0.2, 0.25) is 9.84 Å². The number of para-hydroxylation sites is 4. The molecule has 168 valence electrons. The summed E-state index contributed by atoms with van der Waals surface area (Å²) in [6.07, 6.45) is 0. The maximum Gasteiger partial charge on any atom is 0.206 e. The third-order valence-corrected chi connectivity index (χ3v) is 6.94. The highest BCUT2D eigenvalue weighted by molar-refractivity contribution is 7.91. The second-order valence-corrected chi connectivity index (χ2v) is 9.59. The predicted molar refractivity (Wildman–Crippen MR) is 130 cm³/mol. The Kier molecular flexibility index (Phi) is 5.98. The fourth-order valence-electron chi connectivity index (χ4n) is 3.33. The minimum atomic E-state index is -3.74. The van der Waals surface area contributed by atoms with Crippen molar-refractivity contribution in [1.29, 1.82) is 0 Å². The number of hydrogen-bond donors (Lipinski definition) is 2. The minimum absolute atomic E-state index is 0.175. The number of nitrogen functional groups attached to an aromatic ring is 2. The number of hydrogen-bond acceptors (Lipinski definition) is 6. The zero-order valence-corrected chi connectivity index (χ0v) is 19.1. The third kappa shape index (κ3) is 4.63. The van der Waals surface area contributed by atoms with Gasteiger partial charge in [0.1, 0.15) is 23.0 Å². The molecular weight excluding hydrogens is 436 g/mol. The quantitative estimate of drug-likeness (QED) is 0.348. The van der Waals surface area contributed by atoms with Crippen molar-refractivity contribution in [3.63, 3.8) is 0 Å². The molecule has 4 aromatic carbocycles. The highest BCUT2D eigenvalue weighted by atomic mass is 32.2. The summed E-state index contributed by atoms with van der Waals surface area (Å²) in [4.78, 5) is 0.350. The zero-order valence-electron chi connectivity index (χ0n) is 18.3. The Morgan fingerprint density at radius 2 is 0.970 bits per heavy atom. The SMILES string of the molecule is Cc1cc(S(=O)(=O)c2ccc(Oc3ccccc3N)c(C)c2)ccc1Oc1ccccc1N. The lowest BCUT2D eigenvalue weighted by Crippen LogP contribution is -2.04. The van der Waals surface area contributed by atoms with Gasteiger partial charge in [0.25, 0.3) is 0 Å². The Morgan fingerprint density at radius 3 is 1.33 bits per heavy atom. The monoisotopic (exact) mass is 460 g/mol. The summed E-state index contributed by atoms with van der Waals surface area (Å²) in [6.45, 7) is 3.58. The smallest absolute Gasteiger partial charge is 0.206 e. The van der Waals surface area contributed by atoms with Gasteiger partial charge in [0.15, 0.2) is 0 Å². The topological polar surface area (TPSA) is 105 Å². The van der Waals surface area contributed by atoms with E-state index < -0.39 is 9.84 Å². The second-order valence-electron chi connectivity index (χ2n) is 7.64. The lowest BCUT2D eigenvalue weighted by Gasteiger charge is -2.14. The first kappa shape index (κ1) is 22.2. The Hall–Kier alpha value is -3.97. The molecule has 0 atom stereocenters. The summed E-state index contributed by atoms with van der Waals surface area (Å²) < 4.78 is 38.3. The number of nitrogens with two attached hydrogens (primary N) is 2. The molecule has 7 heteroatoms. The van der Waals surface area contributed by atoms with E-state index in [0.717, 1.165) is 0 Å². The van der Waals surface area contributed by atoms with Crippen LogP contribution in [-0.4, -0.2) is 8.42 Å². The summed E-state index contributed by atoms with van der Waals surface area (Å²) >= 11 is 0. The van der Waals surface area contributed by atoms with Crippen molar-refractivity contribution in [3.8, 4) is 23.0 Å². The van der Waals surface area contributed by atoms with Crippen LogP contribution in [0.3, 0.4) is 0 Å². The lowest BCUT2D eigenvalue weighted by atomic mass is 10.2. The van der Waals surface area contributed by atoms with Crippen LogP contribution in [0.25, 0.3) is 0 Å². The maximum atomic E-state index is 13.3. The molecule has 0 aromatic heterocycles. The number of aryl methyl sites for hydroxylation is 2. The van der Waals surface area contributed by atoms with E-state index in [1.807, 2.05) is 24.3 Å². The van der Waals surface area contributed by atoms with Crippen molar-refractivity contribution in [2.75, 3.05) is 11.5 Å². The van der Waals surface area contributed by atoms with E-state index in [1.54, 1.807) is 62.4 Å². The summed E-state index contributed by atoms with van der Waals surface area (Å²) in [5.41, 5.74) is 14.2. The average Bonchev–Trinajstić information content (AvgIpc) is 2.79. The molecule has 4 aromatic rings. The molecule has 33 heavy (non-hydrogen) atoms. The van der Waals surface area contributed by atoms with Crippen molar-refractivity contribution in [2.24, 2.45) is 0 Å². The normalized spacial score (nSPS) is 11.2. The molecule has 0 amide bonds. The Bertz CT molecular complexity index is 1330. The largest absolute Gasteiger partial charge is 0.455 e. The van der Waals surface area contributed by atoms with Crippen molar-refractivity contribution in [1.82, 2.24) is 0 Å². The van der Waals surface area contributed by atoms with Crippen LogP contribution in [0.4, 0.5) is 11.4 Å². The number of anilines is 2. The molecule has 6 nitrogen and oxygen atoms in total. The van der Waals surface area contributed by atoms with Gasteiger partial charge in [-0.3, -0.25) is 0 Å². The molecule has 0 bridgehead atoms. The molecule has 0 saturated heterocycles. The van der Waals surface area contributed by atoms with E-state index in [1.165, 1.54) is 12.1 Å². The zero-order chi connectivity index (χ0) is 23.6. The van der Waals surface area contributed by atoms with Crippen LogP contribution in [0.15, 0.2) is 94.7 Å². The van der Waals surface area contributed by atoms with Crippen LogP contribution >= 0.6 is 0 Å². The molecule has 0 radical (unpaired) electrons. The van der Waals surface area contributed by atoms with Gasteiger partial charge in [-0.15, -0.1) is 0 Å².